The summed E-state index contributed by atoms with van der Waals surface area (Å²) >= 11 is 0. The molecule has 30 heavy (non-hydrogen) atoms. The molecule has 3 aromatic rings. The Labute approximate surface area is 177 Å². The Kier molecular flexibility index (Phi) is 7.24. The lowest BCUT2D eigenvalue weighted by atomic mass is 10.1. The molecule has 0 saturated carbocycles. The van der Waals surface area contributed by atoms with E-state index in [1.807, 2.05) is 78.9 Å². The highest BCUT2D eigenvalue weighted by Crippen LogP contribution is 2.34. The highest BCUT2D eigenvalue weighted by molar-refractivity contribution is 7.89. The number of nitrogens with two attached hydrogens (primary N) is 2. The van der Waals surface area contributed by atoms with E-state index >= 15 is 0 Å². The average molecular weight is 423 g/mol. The fourth-order valence-corrected chi connectivity index (χ4v) is 3.82. The van der Waals surface area contributed by atoms with Crippen LogP contribution >= 0.6 is 0 Å². The van der Waals surface area contributed by atoms with Crippen molar-refractivity contribution in [3.8, 4) is 0 Å². The van der Waals surface area contributed by atoms with Crippen LogP contribution in [0, 0.1) is 0 Å². The summed E-state index contributed by atoms with van der Waals surface area (Å²) < 4.78 is 24.8. The minimum atomic E-state index is -3.96. The zero-order chi connectivity index (χ0) is 21.4. The van der Waals surface area contributed by atoms with Crippen LogP contribution in [0.3, 0.4) is 0 Å². The third kappa shape index (κ3) is 5.93. The normalized spacial score (nSPS) is 11.5. The summed E-state index contributed by atoms with van der Waals surface area (Å²) in [7, 11) is -3.96. The maximum atomic E-state index is 12.4. The third-order valence-electron chi connectivity index (χ3n) is 4.49. The summed E-state index contributed by atoms with van der Waals surface area (Å²) in [5, 5.41) is 12.2. The molecule has 156 valence electrons. The zero-order valence-corrected chi connectivity index (χ0v) is 17.4. The molecule has 0 aromatic heterocycles. The van der Waals surface area contributed by atoms with Crippen molar-refractivity contribution >= 4 is 27.1 Å². The predicted octanol–water partition coefficient (Wildman–Crippen LogP) is 3.75. The number of anilines is 3. The van der Waals surface area contributed by atoms with Gasteiger partial charge >= 0.3 is 0 Å². The maximum absolute atomic E-state index is 12.4. The number of rotatable bonds is 9. The molecule has 6 nitrogen and oxygen atoms in total. The maximum Gasteiger partial charge on any atom is 0.240 e. The van der Waals surface area contributed by atoms with Crippen molar-refractivity contribution in [2.45, 2.75) is 17.9 Å². The minimum absolute atomic E-state index is 0.0422. The molecule has 0 bridgehead atoms. The number of primary sulfonamides is 1. The van der Waals surface area contributed by atoms with Gasteiger partial charge in [-0.25, -0.2) is 13.6 Å². The predicted molar refractivity (Wildman–Crippen MR) is 123 cm³/mol. The summed E-state index contributed by atoms with van der Waals surface area (Å²) in [4.78, 5) is 0.0422. The molecule has 7 heteroatoms. The molecular formula is C23H26N4O2S. The monoisotopic (exact) mass is 422 g/mol. The smallest absolute Gasteiger partial charge is 0.240 e. The molecule has 0 aliphatic heterocycles. The van der Waals surface area contributed by atoms with Gasteiger partial charge in [0.1, 0.15) is 4.90 Å². The van der Waals surface area contributed by atoms with Crippen molar-refractivity contribution in [1.82, 2.24) is 0 Å². The first-order valence-corrected chi connectivity index (χ1v) is 11.2. The standard InChI is InChI=1S/C23H26N4O2S/c24-14-8-7-11-19-15-21(26-17-18-9-3-1-4-10-18)23(22(16-19)30(25,28)29)27-20-12-5-2-6-13-20/h1-10,12-13,15-16,26-27H,11,14,17,24H2,(H2,25,28,29). The second kappa shape index (κ2) is 10.1. The van der Waals surface area contributed by atoms with Gasteiger partial charge in [-0.1, -0.05) is 60.7 Å². The lowest BCUT2D eigenvalue weighted by molar-refractivity contribution is 0.598. The van der Waals surface area contributed by atoms with Crippen molar-refractivity contribution < 1.29 is 8.42 Å². The van der Waals surface area contributed by atoms with Gasteiger partial charge in [0.15, 0.2) is 0 Å². The summed E-state index contributed by atoms with van der Waals surface area (Å²) in [5.74, 6) is 0. The summed E-state index contributed by atoms with van der Waals surface area (Å²) in [6, 6.07) is 22.8. The number of hydrogen-bond donors (Lipinski definition) is 4. The Balaban J connectivity index is 2.05. The molecule has 6 N–H and O–H groups in total. The zero-order valence-electron chi connectivity index (χ0n) is 16.6. The Morgan fingerprint density at radius 2 is 1.53 bits per heavy atom. The van der Waals surface area contributed by atoms with E-state index in [0.717, 1.165) is 16.8 Å². The average Bonchev–Trinajstić information content (AvgIpc) is 2.74. The van der Waals surface area contributed by atoms with Crippen LogP contribution in [-0.2, 0) is 23.0 Å². The Morgan fingerprint density at radius 1 is 0.867 bits per heavy atom. The highest BCUT2D eigenvalue weighted by atomic mass is 32.2. The molecule has 0 radical (unpaired) electrons. The molecule has 0 aliphatic rings. The van der Waals surface area contributed by atoms with E-state index < -0.39 is 10.0 Å². The van der Waals surface area contributed by atoms with Gasteiger partial charge in [0.25, 0.3) is 0 Å². The van der Waals surface area contributed by atoms with Crippen LogP contribution in [0.15, 0.2) is 89.8 Å². The summed E-state index contributed by atoms with van der Waals surface area (Å²) in [5.41, 5.74) is 9.26. The topological polar surface area (TPSA) is 110 Å². The number of allylic oxidation sites excluding steroid dienone is 1. The molecule has 0 unspecified atom stereocenters. The van der Waals surface area contributed by atoms with E-state index in [4.69, 9.17) is 10.9 Å². The van der Waals surface area contributed by atoms with Crippen molar-refractivity contribution in [2.75, 3.05) is 17.2 Å². The number of hydrogen-bond acceptors (Lipinski definition) is 5. The molecule has 0 amide bonds. The summed E-state index contributed by atoms with van der Waals surface area (Å²) in [6.45, 7) is 0.964. The number of sulfonamides is 1. The molecule has 0 saturated heterocycles. The van der Waals surface area contributed by atoms with Crippen molar-refractivity contribution in [3.63, 3.8) is 0 Å². The van der Waals surface area contributed by atoms with Crippen LogP contribution < -0.4 is 21.5 Å². The Morgan fingerprint density at radius 3 is 2.17 bits per heavy atom. The van der Waals surface area contributed by atoms with Gasteiger partial charge in [-0.05, 0) is 41.8 Å². The van der Waals surface area contributed by atoms with Crippen LogP contribution in [0.2, 0.25) is 0 Å². The summed E-state index contributed by atoms with van der Waals surface area (Å²) in [6.07, 6.45) is 4.29. The van der Waals surface area contributed by atoms with Gasteiger partial charge in [-0.2, -0.15) is 0 Å². The van der Waals surface area contributed by atoms with E-state index in [1.54, 1.807) is 6.07 Å². The minimum Gasteiger partial charge on any atom is -0.379 e. The first-order chi connectivity index (χ1) is 14.5. The van der Waals surface area contributed by atoms with E-state index in [-0.39, 0.29) is 4.90 Å². The van der Waals surface area contributed by atoms with Gasteiger partial charge in [0.2, 0.25) is 10.0 Å². The first kappa shape index (κ1) is 21.6. The van der Waals surface area contributed by atoms with E-state index in [0.29, 0.717) is 30.9 Å². The van der Waals surface area contributed by atoms with Gasteiger partial charge in [-0.15, -0.1) is 0 Å². The van der Waals surface area contributed by atoms with Gasteiger partial charge in [0.05, 0.1) is 11.4 Å². The van der Waals surface area contributed by atoms with Crippen molar-refractivity contribution in [3.05, 3.63) is 96.1 Å². The lowest BCUT2D eigenvalue weighted by Crippen LogP contribution is -2.16. The largest absolute Gasteiger partial charge is 0.379 e. The first-order valence-electron chi connectivity index (χ1n) is 9.62. The van der Waals surface area contributed by atoms with Gasteiger partial charge in [-0.3, -0.25) is 0 Å². The van der Waals surface area contributed by atoms with E-state index in [1.165, 1.54) is 0 Å². The second-order valence-corrected chi connectivity index (χ2v) is 8.33. The fraction of sp³-hybridized carbons (Fsp3) is 0.130. The molecule has 3 rings (SSSR count). The third-order valence-corrected chi connectivity index (χ3v) is 5.43. The quantitative estimate of drug-likeness (QED) is 0.393. The van der Waals surface area contributed by atoms with E-state index in [2.05, 4.69) is 10.6 Å². The Hall–Kier alpha value is -3.13. The number of benzene rings is 3. The molecular weight excluding hydrogens is 396 g/mol. The Bertz CT molecular complexity index is 1100. The van der Waals surface area contributed by atoms with Gasteiger partial charge < -0.3 is 16.4 Å². The van der Waals surface area contributed by atoms with Crippen LogP contribution in [0.25, 0.3) is 0 Å². The van der Waals surface area contributed by atoms with Crippen LogP contribution in [0.1, 0.15) is 11.1 Å². The van der Waals surface area contributed by atoms with Gasteiger partial charge in [0, 0.05) is 18.8 Å². The lowest BCUT2D eigenvalue weighted by Gasteiger charge is -2.19. The SMILES string of the molecule is NCC=CCc1cc(NCc2ccccc2)c(Nc2ccccc2)c(S(N)(=O)=O)c1. The highest BCUT2D eigenvalue weighted by Gasteiger charge is 2.19. The fourth-order valence-electron chi connectivity index (χ4n) is 3.06. The molecule has 0 aliphatic carbocycles. The number of nitrogens with one attached hydrogen (secondary N) is 2. The van der Waals surface area contributed by atoms with Crippen LogP contribution in [-0.4, -0.2) is 15.0 Å². The molecule has 0 atom stereocenters. The van der Waals surface area contributed by atoms with E-state index in [9.17, 15) is 8.42 Å². The molecule has 0 fully saturated rings. The second-order valence-electron chi connectivity index (χ2n) is 6.80. The van der Waals surface area contributed by atoms with Crippen LogP contribution in [0.4, 0.5) is 17.1 Å². The van der Waals surface area contributed by atoms with Crippen LogP contribution in [0.5, 0.6) is 0 Å². The van der Waals surface area contributed by atoms with Crippen molar-refractivity contribution in [1.29, 1.82) is 0 Å². The molecule has 3 aromatic carbocycles. The molecule has 0 heterocycles. The molecule has 0 spiro atoms. The number of para-hydroxylation sites is 1. The van der Waals surface area contributed by atoms with Crippen molar-refractivity contribution in [2.24, 2.45) is 10.9 Å².